The molecule has 5 nitrogen and oxygen atoms in total. The minimum absolute atomic E-state index is 0.00843. The van der Waals surface area contributed by atoms with Gasteiger partial charge >= 0.3 is 0 Å². The molecule has 5 heteroatoms. The first-order valence-electron chi connectivity index (χ1n) is 5.65. The number of carbonyl (C=O) groups excluding carboxylic acids is 1. The molecule has 1 aromatic heterocycles. The Kier molecular flexibility index (Phi) is 3.24. The highest BCUT2D eigenvalue weighted by Crippen LogP contribution is 2.19. The fraction of sp³-hybridized carbons (Fsp3) is 0.636. The Morgan fingerprint density at radius 2 is 2.31 bits per heavy atom. The van der Waals surface area contributed by atoms with Gasteiger partial charge < -0.3 is 15.2 Å². The Hall–Kier alpha value is -1.36. The first-order chi connectivity index (χ1) is 7.68. The summed E-state index contributed by atoms with van der Waals surface area (Å²) >= 11 is 0. The maximum absolute atomic E-state index is 11.9. The summed E-state index contributed by atoms with van der Waals surface area (Å²) in [5.41, 5.74) is 1.43. The van der Waals surface area contributed by atoms with Gasteiger partial charge in [-0.25, -0.2) is 0 Å². The van der Waals surface area contributed by atoms with Crippen LogP contribution in [0.2, 0.25) is 0 Å². The molecular formula is C11H17N3O2. The van der Waals surface area contributed by atoms with Crippen molar-refractivity contribution in [2.45, 2.75) is 39.2 Å². The van der Waals surface area contributed by atoms with Gasteiger partial charge in [-0.1, -0.05) is 11.6 Å². The summed E-state index contributed by atoms with van der Waals surface area (Å²) in [6, 6.07) is -0.0811. The standard InChI is InChI=1S/C11H17N3O2/c1-7-10(8(2)16-14-7)13-11(15)9-5-3-4-6-12-9/h9,12H,3-6H2,1-2H3,(H,13,15)/t9-/m0/s1. The van der Waals surface area contributed by atoms with E-state index in [1.807, 2.05) is 6.92 Å². The smallest absolute Gasteiger partial charge is 0.241 e. The molecule has 0 unspecified atom stereocenters. The summed E-state index contributed by atoms with van der Waals surface area (Å²) in [7, 11) is 0. The second-order valence-corrected chi connectivity index (χ2v) is 4.19. The van der Waals surface area contributed by atoms with E-state index in [-0.39, 0.29) is 11.9 Å². The third-order valence-corrected chi connectivity index (χ3v) is 2.91. The van der Waals surface area contributed by atoms with Gasteiger partial charge in [0.2, 0.25) is 5.91 Å². The molecule has 2 rings (SSSR count). The normalized spacial score (nSPS) is 20.8. The predicted molar refractivity (Wildman–Crippen MR) is 60.2 cm³/mol. The van der Waals surface area contributed by atoms with Crippen LogP contribution in [0.5, 0.6) is 0 Å². The van der Waals surface area contributed by atoms with Crippen molar-refractivity contribution in [1.29, 1.82) is 0 Å². The van der Waals surface area contributed by atoms with Gasteiger partial charge in [0.25, 0.3) is 0 Å². The molecule has 0 aliphatic carbocycles. The lowest BCUT2D eigenvalue weighted by molar-refractivity contribution is -0.118. The fourth-order valence-electron chi connectivity index (χ4n) is 1.95. The molecule has 0 saturated carbocycles. The third kappa shape index (κ3) is 2.24. The summed E-state index contributed by atoms with van der Waals surface area (Å²) in [4.78, 5) is 11.9. The molecule has 2 heterocycles. The molecule has 16 heavy (non-hydrogen) atoms. The number of anilines is 1. The van der Waals surface area contributed by atoms with E-state index in [1.54, 1.807) is 6.92 Å². The van der Waals surface area contributed by atoms with Crippen molar-refractivity contribution in [3.63, 3.8) is 0 Å². The van der Waals surface area contributed by atoms with Crippen molar-refractivity contribution >= 4 is 11.6 Å². The van der Waals surface area contributed by atoms with Crippen molar-refractivity contribution in [3.05, 3.63) is 11.5 Å². The lowest BCUT2D eigenvalue weighted by Gasteiger charge is -2.22. The number of aromatic nitrogens is 1. The summed E-state index contributed by atoms with van der Waals surface area (Å²) in [6.45, 7) is 4.53. The highest BCUT2D eigenvalue weighted by atomic mass is 16.5. The summed E-state index contributed by atoms with van der Waals surface area (Å²) in [5, 5.41) is 9.88. The van der Waals surface area contributed by atoms with Crippen LogP contribution in [0.1, 0.15) is 30.7 Å². The average molecular weight is 223 g/mol. The number of carbonyl (C=O) groups is 1. The van der Waals surface area contributed by atoms with Crippen molar-refractivity contribution in [2.75, 3.05) is 11.9 Å². The zero-order chi connectivity index (χ0) is 11.5. The van der Waals surface area contributed by atoms with Crippen LogP contribution >= 0.6 is 0 Å². The molecule has 1 amide bonds. The molecule has 88 valence electrons. The van der Waals surface area contributed by atoms with Gasteiger partial charge in [0, 0.05) is 0 Å². The van der Waals surface area contributed by atoms with Crippen molar-refractivity contribution in [1.82, 2.24) is 10.5 Å². The molecule has 1 aliphatic rings. The Labute approximate surface area is 94.6 Å². The molecule has 0 bridgehead atoms. The molecule has 2 N–H and O–H groups in total. The topological polar surface area (TPSA) is 67.2 Å². The maximum atomic E-state index is 11.9. The van der Waals surface area contributed by atoms with E-state index in [1.165, 1.54) is 0 Å². The van der Waals surface area contributed by atoms with Gasteiger partial charge in [0.05, 0.1) is 6.04 Å². The van der Waals surface area contributed by atoms with Crippen LogP contribution in [-0.4, -0.2) is 23.7 Å². The van der Waals surface area contributed by atoms with E-state index in [4.69, 9.17) is 4.52 Å². The summed E-state index contributed by atoms with van der Waals surface area (Å²) in [5.74, 6) is 0.663. The van der Waals surface area contributed by atoms with Gasteiger partial charge in [0.1, 0.15) is 11.4 Å². The highest BCUT2D eigenvalue weighted by molar-refractivity contribution is 5.95. The molecular weight excluding hydrogens is 206 g/mol. The van der Waals surface area contributed by atoms with Gasteiger partial charge in [-0.3, -0.25) is 4.79 Å². The largest absolute Gasteiger partial charge is 0.359 e. The molecule has 0 aromatic carbocycles. The van der Waals surface area contributed by atoms with Gasteiger partial charge in [-0.15, -0.1) is 0 Å². The van der Waals surface area contributed by atoms with E-state index >= 15 is 0 Å². The minimum atomic E-state index is -0.0811. The molecule has 0 spiro atoms. The number of rotatable bonds is 2. The minimum Gasteiger partial charge on any atom is -0.359 e. The first kappa shape index (κ1) is 11.1. The second kappa shape index (κ2) is 4.65. The van der Waals surface area contributed by atoms with Crippen molar-refractivity contribution in [3.8, 4) is 0 Å². The van der Waals surface area contributed by atoms with Gasteiger partial charge in [-0.05, 0) is 33.2 Å². The molecule has 1 saturated heterocycles. The number of nitrogens with one attached hydrogen (secondary N) is 2. The highest BCUT2D eigenvalue weighted by Gasteiger charge is 2.22. The van der Waals surface area contributed by atoms with Crippen LogP contribution < -0.4 is 10.6 Å². The predicted octanol–water partition coefficient (Wildman–Crippen LogP) is 1.37. The average Bonchev–Trinajstić information content (AvgIpc) is 2.62. The Bertz CT molecular complexity index is 361. The number of hydrogen-bond acceptors (Lipinski definition) is 4. The molecule has 1 aliphatic heterocycles. The zero-order valence-corrected chi connectivity index (χ0v) is 9.67. The van der Waals surface area contributed by atoms with Crippen LogP contribution in [0, 0.1) is 13.8 Å². The molecule has 1 atom stereocenters. The van der Waals surface area contributed by atoms with Crippen molar-refractivity contribution in [2.24, 2.45) is 0 Å². The third-order valence-electron chi connectivity index (χ3n) is 2.91. The summed E-state index contributed by atoms with van der Waals surface area (Å²) < 4.78 is 5.00. The van der Waals surface area contributed by atoms with E-state index in [2.05, 4.69) is 15.8 Å². The van der Waals surface area contributed by atoms with Gasteiger partial charge in [-0.2, -0.15) is 0 Å². The lowest BCUT2D eigenvalue weighted by atomic mass is 10.0. The van der Waals surface area contributed by atoms with Crippen LogP contribution in [-0.2, 0) is 4.79 Å². The lowest BCUT2D eigenvalue weighted by Crippen LogP contribution is -2.43. The van der Waals surface area contributed by atoms with E-state index in [0.717, 1.165) is 31.5 Å². The number of nitrogens with zero attached hydrogens (tertiary/aromatic N) is 1. The van der Waals surface area contributed by atoms with Crippen LogP contribution in [0.25, 0.3) is 0 Å². The molecule has 1 aromatic rings. The SMILES string of the molecule is Cc1noc(C)c1NC(=O)[C@@H]1CCCCN1. The van der Waals surface area contributed by atoms with Crippen LogP contribution in [0.4, 0.5) is 5.69 Å². The Morgan fingerprint density at radius 3 is 2.88 bits per heavy atom. The number of aryl methyl sites for hydroxylation is 2. The second-order valence-electron chi connectivity index (χ2n) is 4.19. The van der Waals surface area contributed by atoms with Crippen molar-refractivity contribution < 1.29 is 9.32 Å². The van der Waals surface area contributed by atoms with E-state index < -0.39 is 0 Å². The molecule has 0 radical (unpaired) electrons. The zero-order valence-electron chi connectivity index (χ0n) is 9.67. The Balaban J connectivity index is 2.01. The first-order valence-corrected chi connectivity index (χ1v) is 5.65. The quantitative estimate of drug-likeness (QED) is 0.794. The number of piperidine rings is 1. The van der Waals surface area contributed by atoms with Crippen LogP contribution in [0.3, 0.4) is 0 Å². The summed E-state index contributed by atoms with van der Waals surface area (Å²) in [6.07, 6.45) is 3.15. The van der Waals surface area contributed by atoms with Gasteiger partial charge in [0.15, 0.2) is 5.76 Å². The fourth-order valence-corrected chi connectivity index (χ4v) is 1.95. The maximum Gasteiger partial charge on any atom is 0.241 e. The van der Waals surface area contributed by atoms with E-state index in [0.29, 0.717) is 11.4 Å². The number of hydrogen-bond donors (Lipinski definition) is 2. The number of amides is 1. The van der Waals surface area contributed by atoms with Crippen LogP contribution in [0.15, 0.2) is 4.52 Å². The Morgan fingerprint density at radius 1 is 1.50 bits per heavy atom. The monoisotopic (exact) mass is 223 g/mol. The van der Waals surface area contributed by atoms with E-state index in [9.17, 15) is 4.79 Å². The molecule has 1 fully saturated rings.